The molecule has 0 spiro atoms. The predicted molar refractivity (Wildman–Crippen MR) is 65.1 cm³/mol. The predicted octanol–water partition coefficient (Wildman–Crippen LogP) is 2.15. The van der Waals surface area contributed by atoms with E-state index in [1.807, 2.05) is 0 Å². The molecule has 5 nitrogen and oxygen atoms in total. The molecule has 0 saturated heterocycles. The van der Waals surface area contributed by atoms with E-state index in [4.69, 9.17) is 5.73 Å². The lowest BCUT2D eigenvalue weighted by Gasteiger charge is -2.06. The molecule has 88 valence electrons. The fourth-order valence-corrected chi connectivity index (χ4v) is 1.70. The Hall–Kier alpha value is -1.89. The summed E-state index contributed by atoms with van der Waals surface area (Å²) >= 11 is 3.15. The molecule has 1 aromatic carbocycles. The van der Waals surface area contributed by atoms with Gasteiger partial charge >= 0.3 is 0 Å². The molecule has 7 heteroatoms. The number of halogens is 2. The lowest BCUT2D eigenvalue weighted by molar-refractivity contribution is 0.102. The first kappa shape index (κ1) is 11.6. The number of carbonyl (C=O) groups is 1. The second-order valence-corrected chi connectivity index (χ2v) is 4.13. The van der Waals surface area contributed by atoms with Crippen molar-refractivity contribution in [3.05, 3.63) is 40.4 Å². The molecule has 0 bridgehead atoms. The van der Waals surface area contributed by atoms with E-state index in [1.165, 1.54) is 24.4 Å². The zero-order valence-electron chi connectivity index (χ0n) is 8.50. The number of aromatic amines is 1. The number of anilines is 2. The molecular formula is C10H8BrFN4O. The summed E-state index contributed by atoms with van der Waals surface area (Å²) in [5, 5.41) is 8.70. The molecular weight excluding hydrogens is 291 g/mol. The first-order chi connectivity index (χ1) is 8.08. The SMILES string of the molecule is Nc1cn[nH]c1C(=O)Nc1ccc(F)cc1Br. The molecule has 0 fully saturated rings. The van der Waals surface area contributed by atoms with E-state index in [-0.39, 0.29) is 11.4 Å². The molecule has 0 unspecified atom stereocenters. The number of nitrogens with two attached hydrogens (primary N) is 1. The van der Waals surface area contributed by atoms with Gasteiger partial charge in [0.15, 0.2) is 0 Å². The number of hydrogen-bond acceptors (Lipinski definition) is 3. The minimum atomic E-state index is -0.438. The van der Waals surface area contributed by atoms with Crippen molar-refractivity contribution in [2.75, 3.05) is 11.1 Å². The van der Waals surface area contributed by atoms with Crippen molar-refractivity contribution in [1.29, 1.82) is 0 Å². The molecule has 4 N–H and O–H groups in total. The summed E-state index contributed by atoms with van der Waals surface area (Å²) in [5.74, 6) is -0.830. The Morgan fingerprint density at radius 2 is 2.29 bits per heavy atom. The third-order valence-corrected chi connectivity index (χ3v) is 2.73. The van der Waals surface area contributed by atoms with Crippen molar-refractivity contribution in [3.63, 3.8) is 0 Å². The van der Waals surface area contributed by atoms with E-state index in [0.717, 1.165) is 0 Å². The quantitative estimate of drug-likeness (QED) is 0.794. The maximum Gasteiger partial charge on any atom is 0.275 e. The first-order valence-electron chi connectivity index (χ1n) is 4.63. The molecule has 2 aromatic rings. The fourth-order valence-electron chi connectivity index (χ4n) is 1.25. The largest absolute Gasteiger partial charge is 0.396 e. The van der Waals surface area contributed by atoms with Gasteiger partial charge in [-0.05, 0) is 34.1 Å². The molecule has 0 aliphatic carbocycles. The summed E-state index contributed by atoms with van der Waals surface area (Å²) in [5.41, 5.74) is 6.40. The van der Waals surface area contributed by atoms with Gasteiger partial charge in [-0.25, -0.2) is 4.39 Å². The maximum absolute atomic E-state index is 12.8. The van der Waals surface area contributed by atoms with Crippen LogP contribution in [-0.4, -0.2) is 16.1 Å². The molecule has 0 aliphatic rings. The number of nitrogens with zero attached hydrogens (tertiary/aromatic N) is 1. The van der Waals surface area contributed by atoms with Gasteiger partial charge in [-0.3, -0.25) is 9.89 Å². The van der Waals surface area contributed by atoms with Gasteiger partial charge in [-0.1, -0.05) is 0 Å². The summed E-state index contributed by atoms with van der Waals surface area (Å²) in [6.07, 6.45) is 1.34. The standard InChI is InChI=1S/C10H8BrFN4O/c11-6-3-5(12)1-2-8(6)15-10(17)9-7(13)4-14-16-9/h1-4H,13H2,(H,14,16)(H,15,17). The average Bonchev–Trinajstić information content (AvgIpc) is 2.68. The van der Waals surface area contributed by atoms with Gasteiger partial charge in [0.25, 0.3) is 5.91 Å². The van der Waals surface area contributed by atoms with Crippen LogP contribution in [0.15, 0.2) is 28.9 Å². The lowest BCUT2D eigenvalue weighted by atomic mass is 10.3. The Morgan fingerprint density at radius 3 is 2.88 bits per heavy atom. The number of amides is 1. The highest BCUT2D eigenvalue weighted by Crippen LogP contribution is 2.23. The van der Waals surface area contributed by atoms with E-state index in [0.29, 0.717) is 10.2 Å². The summed E-state index contributed by atoms with van der Waals surface area (Å²) in [7, 11) is 0. The van der Waals surface area contributed by atoms with Crippen molar-refractivity contribution in [2.45, 2.75) is 0 Å². The van der Waals surface area contributed by atoms with Crippen LogP contribution in [0.1, 0.15) is 10.5 Å². The second kappa shape index (κ2) is 4.54. The number of hydrogen-bond donors (Lipinski definition) is 3. The zero-order valence-corrected chi connectivity index (χ0v) is 10.1. The third kappa shape index (κ3) is 2.44. The second-order valence-electron chi connectivity index (χ2n) is 3.28. The monoisotopic (exact) mass is 298 g/mol. The van der Waals surface area contributed by atoms with Crippen LogP contribution < -0.4 is 11.1 Å². The Bertz CT molecular complexity index is 569. The normalized spacial score (nSPS) is 10.2. The van der Waals surface area contributed by atoms with Crippen LogP contribution in [0.3, 0.4) is 0 Å². The van der Waals surface area contributed by atoms with E-state index in [1.54, 1.807) is 0 Å². The summed E-state index contributed by atoms with van der Waals surface area (Å²) in [4.78, 5) is 11.8. The number of carbonyl (C=O) groups excluding carboxylic acids is 1. The van der Waals surface area contributed by atoms with Crippen LogP contribution in [0.4, 0.5) is 15.8 Å². The van der Waals surface area contributed by atoms with Gasteiger partial charge in [-0.2, -0.15) is 5.10 Å². The van der Waals surface area contributed by atoms with Crippen LogP contribution in [0.2, 0.25) is 0 Å². The summed E-state index contributed by atoms with van der Waals surface area (Å²) < 4.78 is 13.3. The van der Waals surface area contributed by atoms with Crippen molar-refractivity contribution in [1.82, 2.24) is 10.2 Å². The number of rotatable bonds is 2. The molecule has 0 saturated carbocycles. The smallest absolute Gasteiger partial charge is 0.275 e. The molecule has 17 heavy (non-hydrogen) atoms. The van der Waals surface area contributed by atoms with E-state index in [9.17, 15) is 9.18 Å². The Labute approximate surface area is 104 Å². The van der Waals surface area contributed by atoms with Crippen LogP contribution in [0, 0.1) is 5.82 Å². The van der Waals surface area contributed by atoms with Gasteiger partial charge in [0.05, 0.1) is 17.6 Å². The molecule has 0 aliphatic heterocycles. The minimum absolute atomic E-state index is 0.168. The first-order valence-corrected chi connectivity index (χ1v) is 5.42. The molecule has 0 atom stereocenters. The molecule has 1 aromatic heterocycles. The van der Waals surface area contributed by atoms with Crippen molar-refractivity contribution < 1.29 is 9.18 Å². The van der Waals surface area contributed by atoms with Crippen LogP contribution in [0.5, 0.6) is 0 Å². The molecule has 1 heterocycles. The number of benzene rings is 1. The Balaban J connectivity index is 2.22. The number of nitrogens with one attached hydrogen (secondary N) is 2. The van der Waals surface area contributed by atoms with Crippen molar-refractivity contribution >= 4 is 33.2 Å². The van der Waals surface area contributed by atoms with Crippen molar-refractivity contribution in [3.8, 4) is 0 Å². The Morgan fingerprint density at radius 1 is 1.53 bits per heavy atom. The number of H-pyrrole nitrogens is 1. The molecule has 2 rings (SSSR count). The van der Waals surface area contributed by atoms with Gasteiger partial charge in [-0.15, -0.1) is 0 Å². The summed E-state index contributed by atoms with van der Waals surface area (Å²) in [6, 6.07) is 3.95. The topological polar surface area (TPSA) is 83.8 Å². The fraction of sp³-hybridized carbons (Fsp3) is 0. The van der Waals surface area contributed by atoms with E-state index < -0.39 is 11.7 Å². The van der Waals surface area contributed by atoms with Crippen LogP contribution in [-0.2, 0) is 0 Å². The van der Waals surface area contributed by atoms with Gasteiger partial charge in [0, 0.05) is 4.47 Å². The number of nitrogen functional groups attached to an aromatic ring is 1. The zero-order chi connectivity index (χ0) is 12.4. The highest BCUT2D eigenvalue weighted by atomic mass is 79.9. The highest BCUT2D eigenvalue weighted by molar-refractivity contribution is 9.10. The maximum atomic E-state index is 12.8. The molecule has 1 amide bonds. The van der Waals surface area contributed by atoms with Gasteiger partial charge in [0.2, 0.25) is 0 Å². The summed E-state index contributed by atoms with van der Waals surface area (Å²) in [6.45, 7) is 0. The van der Waals surface area contributed by atoms with Crippen molar-refractivity contribution in [2.24, 2.45) is 0 Å². The van der Waals surface area contributed by atoms with Crippen LogP contribution >= 0.6 is 15.9 Å². The average molecular weight is 299 g/mol. The van der Waals surface area contributed by atoms with Gasteiger partial charge < -0.3 is 11.1 Å². The van der Waals surface area contributed by atoms with Gasteiger partial charge in [0.1, 0.15) is 11.5 Å². The lowest BCUT2D eigenvalue weighted by Crippen LogP contribution is -2.14. The van der Waals surface area contributed by atoms with E-state index >= 15 is 0 Å². The van der Waals surface area contributed by atoms with Crippen LogP contribution in [0.25, 0.3) is 0 Å². The number of aromatic nitrogens is 2. The third-order valence-electron chi connectivity index (χ3n) is 2.08. The Kier molecular flexibility index (Phi) is 3.10. The minimum Gasteiger partial charge on any atom is -0.396 e. The van der Waals surface area contributed by atoms with E-state index in [2.05, 4.69) is 31.4 Å². The molecule has 0 radical (unpaired) electrons. The highest BCUT2D eigenvalue weighted by Gasteiger charge is 2.13.